The molecule has 0 saturated carbocycles. The summed E-state index contributed by atoms with van der Waals surface area (Å²) in [6.07, 6.45) is 9.12. The first kappa shape index (κ1) is 14.8. The van der Waals surface area contributed by atoms with Crippen LogP contribution in [0.25, 0.3) is 0 Å². The highest BCUT2D eigenvalue weighted by molar-refractivity contribution is 6.36. The van der Waals surface area contributed by atoms with E-state index in [4.69, 9.17) is 23.2 Å². The van der Waals surface area contributed by atoms with Crippen LogP contribution in [-0.2, 0) is 12.8 Å². The molecule has 1 aromatic heterocycles. The molecular formula is C19H16Cl2N2. The molecule has 0 aliphatic heterocycles. The Morgan fingerprint density at radius 1 is 1.00 bits per heavy atom. The van der Waals surface area contributed by atoms with Crippen molar-refractivity contribution in [2.75, 3.05) is 0 Å². The van der Waals surface area contributed by atoms with E-state index >= 15 is 0 Å². The summed E-state index contributed by atoms with van der Waals surface area (Å²) in [5, 5.41) is 1.35. The first-order valence-corrected chi connectivity index (χ1v) is 8.52. The molecule has 23 heavy (non-hydrogen) atoms. The molecule has 0 N–H and O–H groups in total. The Balaban J connectivity index is 1.90. The maximum Gasteiger partial charge on any atom is 0.0954 e. The number of fused-ring (bicyclic) bond motifs is 1. The molecule has 0 fully saturated rings. The van der Waals surface area contributed by atoms with Crippen LogP contribution in [0.5, 0.6) is 0 Å². The number of halogens is 2. The molecule has 1 aliphatic carbocycles. The summed E-state index contributed by atoms with van der Waals surface area (Å²) in [5.74, 6) is 0. The third-order valence-electron chi connectivity index (χ3n) is 4.53. The van der Waals surface area contributed by atoms with Gasteiger partial charge in [-0.05, 0) is 48.1 Å². The fourth-order valence-electron chi connectivity index (χ4n) is 3.44. The predicted molar refractivity (Wildman–Crippen MR) is 94.4 cm³/mol. The van der Waals surface area contributed by atoms with E-state index in [1.54, 1.807) is 6.20 Å². The van der Waals surface area contributed by atoms with Gasteiger partial charge in [-0.3, -0.25) is 0 Å². The van der Waals surface area contributed by atoms with Crippen LogP contribution in [0.2, 0.25) is 10.0 Å². The Bertz CT molecular complexity index is 820. The molecule has 0 spiro atoms. The van der Waals surface area contributed by atoms with Gasteiger partial charge in [0.05, 0.1) is 12.4 Å². The smallest absolute Gasteiger partial charge is 0.0954 e. The van der Waals surface area contributed by atoms with E-state index in [1.807, 2.05) is 30.7 Å². The Morgan fingerprint density at radius 2 is 1.78 bits per heavy atom. The fraction of sp³-hybridized carbons (Fsp3) is 0.211. The van der Waals surface area contributed by atoms with Crippen LogP contribution in [0.4, 0.5) is 0 Å². The van der Waals surface area contributed by atoms with Gasteiger partial charge in [-0.25, -0.2) is 4.98 Å². The Kier molecular flexibility index (Phi) is 3.88. The van der Waals surface area contributed by atoms with Crippen molar-refractivity contribution in [2.45, 2.75) is 25.3 Å². The minimum absolute atomic E-state index is 0.0652. The Labute approximate surface area is 145 Å². The lowest BCUT2D eigenvalue weighted by molar-refractivity contribution is 0.676. The van der Waals surface area contributed by atoms with Crippen LogP contribution >= 0.6 is 23.2 Å². The number of aryl methyl sites for hydroxylation is 2. The molecule has 1 atom stereocenters. The van der Waals surface area contributed by atoms with Crippen molar-refractivity contribution in [3.8, 4) is 0 Å². The molecule has 116 valence electrons. The van der Waals surface area contributed by atoms with E-state index in [-0.39, 0.29) is 6.04 Å². The number of aromatic nitrogens is 2. The topological polar surface area (TPSA) is 17.8 Å². The first-order valence-electron chi connectivity index (χ1n) is 7.77. The first-order chi connectivity index (χ1) is 11.2. The van der Waals surface area contributed by atoms with Crippen molar-refractivity contribution in [3.05, 3.63) is 87.4 Å². The second-order valence-corrected chi connectivity index (χ2v) is 6.74. The summed E-state index contributed by atoms with van der Waals surface area (Å²) in [6.45, 7) is 0. The lowest BCUT2D eigenvalue weighted by Gasteiger charge is -2.22. The van der Waals surface area contributed by atoms with Crippen molar-refractivity contribution < 1.29 is 0 Å². The third-order valence-corrected chi connectivity index (χ3v) is 5.19. The standard InChI is InChI=1S/C19H16Cl2N2/c20-16-5-2-6-17(21)18(16)19(23-10-9-22-12-23)15-8-7-13-3-1-4-14(13)11-15/h2,5-12,19H,1,3-4H2. The Hall–Kier alpha value is -1.77. The summed E-state index contributed by atoms with van der Waals surface area (Å²) in [4.78, 5) is 4.20. The molecule has 1 heterocycles. The van der Waals surface area contributed by atoms with Crippen molar-refractivity contribution in [1.82, 2.24) is 9.55 Å². The van der Waals surface area contributed by atoms with Crippen LogP contribution in [0, 0.1) is 0 Å². The average Bonchev–Trinajstić information content (AvgIpc) is 3.21. The number of rotatable bonds is 3. The van der Waals surface area contributed by atoms with E-state index in [2.05, 4.69) is 27.8 Å². The van der Waals surface area contributed by atoms with Gasteiger partial charge in [0.2, 0.25) is 0 Å². The number of benzene rings is 2. The highest BCUT2D eigenvalue weighted by Gasteiger charge is 2.23. The van der Waals surface area contributed by atoms with Crippen LogP contribution in [0.1, 0.15) is 34.7 Å². The van der Waals surface area contributed by atoms with Crippen molar-refractivity contribution in [1.29, 1.82) is 0 Å². The summed E-state index contributed by atoms with van der Waals surface area (Å²) >= 11 is 13.0. The summed E-state index contributed by atoms with van der Waals surface area (Å²) in [7, 11) is 0. The molecule has 2 nitrogen and oxygen atoms in total. The molecule has 0 saturated heterocycles. The second-order valence-electron chi connectivity index (χ2n) is 5.93. The maximum absolute atomic E-state index is 6.49. The third kappa shape index (κ3) is 2.66. The number of hydrogen-bond donors (Lipinski definition) is 0. The molecule has 0 amide bonds. The van der Waals surface area contributed by atoms with Crippen molar-refractivity contribution in [2.24, 2.45) is 0 Å². The van der Waals surface area contributed by atoms with Gasteiger partial charge < -0.3 is 4.57 Å². The zero-order chi connectivity index (χ0) is 15.8. The average molecular weight is 343 g/mol. The molecular weight excluding hydrogens is 327 g/mol. The fourth-order valence-corrected chi connectivity index (χ4v) is 4.05. The predicted octanol–water partition coefficient (Wildman–Crippen LogP) is 5.32. The largest absolute Gasteiger partial charge is 0.326 e. The quantitative estimate of drug-likeness (QED) is 0.630. The zero-order valence-electron chi connectivity index (χ0n) is 12.5. The lowest BCUT2D eigenvalue weighted by atomic mass is 9.95. The van der Waals surface area contributed by atoms with Crippen molar-refractivity contribution >= 4 is 23.2 Å². The maximum atomic E-state index is 6.49. The molecule has 1 unspecified atom stereocenters. The van der Waals surface area contributed by atoms with E-state index in [0.29, 0.717) is 10.0 Å². The van der Waals surface area contributed by atoms with Crippen LogP contribution in [0.15, 0.2) is 55.1 Å². The van der Waals surface area contributed by atoms with Crippen LogP contribution in [-0.4, -0.2) is 9.55 Å². The van der Waals surface area contributed by atoms with Gasteiger partial charge in [0.15, 0.2) is 0 Å². The summed E-state index contributed by atoms with van der Waals surface area (Å²) in [5.41, 5.74) is 5.02. The van der Waals surface area contributed by atoms with Gasteiger partial charge in [0.1, 0.15) is 0 Å². The molecule has 4 rings (SSSR count). The van der Waals surface area contributed by atoms with Gasteiger partial charge in [-0.2, -0.15) is 0 Å². The van der Waals surface area contributed by atoms with Crippen molar-refractivity contribution in [3.63, 3.8) is 0 Å². The summed E-state index contributed by atoms with van der Waals surface area (Å²) in [6, 6.07) is 12.3. The molecule has 0 bridgehead atoms. The lowest BCUT2D eigenvalue weighted by Crippen LogP contribution is -2.12. The Morgan fingerprint density at radius 3 is 2.52 bits per heavy atom. The minimum atomic E-state index is -0.0652. The zero-order valence-corrected chi connectivity index (χ0v) is 14.1. The second kappa shape index (κ2) is 6.03. The number of hydrogen-bond acceptors (Lipinski definition) is 1. The van der Waals surface area contributed by atoms with E-state index in [0.717, 1.165) is 12.0 Å². The molecule has 1 aliphatic rings. The van der Waals surface area contributed by atoms with Gasteiger partial charge in [0.25, 0.3) is 0 Å². The van der Waals surface area contributed by atoms with E-state index in [9.17, 15) is 0 Å². The molecule has 0 radical (unpaired) electrons. The van der Waals surface area contributed by atoms with Gasteiger partial charge in [0, 0.05) is 28.0 Å². The van der Waals surface area contributed by atoms with Gasteiger partial charge >= 0.3 is 0 Å². The molecule has 2 aromatic carbocycles. The molecule has 3 aromatic rings. The summed E-state index contributed by atoms with van der Waals surface area (Å²) < 4.78 is 2.06. The minimum Gasteiger partial charge on any atom is -0.326 e. The van der Waals surface area contributed by atoms with E-state index in [1.165, 1.54) is 29.5 Å². The van der Waals surface area contributed by atoms with Gasteiger partial charge in [-0.15, -0.1) is 0 Å². The van der Waals surface area contributed by atoms with Crippen LogP contribution in [0.3, 0.4) is 0 Å². The monoisotopic (exact) mass is 342 g/mol. The number of imidazole rings is 1. The normalized spacial score (nSPS) is 14.7. The van der Waals surface area contributed by atoms with Gasteiger partial charge in [-0.1, -0.05) is 47.5 Å². The highest BCUT2D eigenvalue weighted by atomic mass is 35.5. The van der Waals surface area contributed by atoms with Crippen LogP contribution < -0.4 is 0 Å². The molecule has 4 heteroatoms. The SMILES string of the molecule is Clc1cccc(Cl)c1C(c1ccc2c(c1)CCC2)n1ccnc1. The van der Waals surface area contributed by atoms with E-state index < -0.39 is 0 Å². The highest BCUT2D eigenvalue weighted by Crippen LogP contribution is 2.38. The number of nitrogens with zero attached hydrogens (tertiary/aromatic N) is 2.